The number of para-hydroxylation sites is 1. The van der Waals surface area contributed by atoms with Crippen molar-refractivity contribution >= 4 is 23.0 Å². The molecule has 1 aromatic heterocycles. The van der Waals surface area contributed by atoms with Crippen LogP contribution in [0.2, 0.25) is 0 Å². The Morgan fingerprint density at radius 3 is 2.70 bits per heavy atom. The van der Waals surface area contributed by atoms with E-state index < -0.39 is 0 Å². The number of hydrogen-bond donors (Lipinski definition) is 1. The van der Waals surface area contributed by atoms with Crippen molar-refractivity contribution in [3.63, 3.8) is 0 Å². The van der Waals surface area contributed by atoms with Gasteiger partial charge in [0.05, 0.1) is 0 Å². The third-order valence-electron chi connectivity index (χ3n) is 4.14. The Labute approximate surface area is 135 Å². The molecule has 4 heteroatoms. The van der Waals surface area contributed by atoms with Crippen molar-refractivity contribution in [1.82, 2.24) is 9.97 Å². The molecule has 2 heterocycles. The number of anilines is 4. The van der Waals surface area contributed by atoms with Crippen LogP contribution in [-0.4, -0.2) is 16.5 Å². The van der Waals surface area contributed by atoms with Gasteiger partial charge in [-0.15, -0.1) is 0 Å². The van der Waals surface area contributed by atoms with Gasteiger partial charge in [-0.25, -0.2) is 9.97 Å². The molecule has 23 heavy (non-hydrogen) atoms. The van der Waals surface area contributed by atoms with Crippen LogP contribution < -0.4 is 10.2 Å². The molecular formula is C19H18N4. The summed E-state index contributed by atoms with van der Waals surface area (Å²) in [6, 6.07) is 18.8. The highest BCUT2D eigenvalue weighted by molar-refractivity contribution is 5.69. The Bertz CT molecular complexity index is 827. The second kappa shape index (κ2) is 5.72. The maximum absolute atomic E-state index is 4.45. The van der Waals surface area contributed by atoms with Gasteiger partial charge in [-0.1, -0.05) is 35.9 Å². The molecule has 1 aliphatic rings. The molecule has 1 N–H and O–H groups in total. The largest absolute Gasteiger partial charge is 0.340 e. The van der Waals surface area contributed by atoms with E-state index >= 15 is 0 Å². The van der Waals surface area contributed by atoms with Crippen LogP contribution in [-0.2, 0) is 6.42 Å². The first kappa shape index (κ1) is 13.8. The quantitative estimate of drug-likeness (QED) is 0.786. The van der Waals surface area contributed by atoms with Crippen molar-refractivity contribution in [2.45, 2.75) is 13.3 Å². The maximum Gasteiger partial charge on any atom is 0.138 e. The first-order valence-electron chi connectivity index (χ1n) is 7.81. The summed E-state index contributed by atoms with van der Waals surface area (Å²) < 4.78 is 0. The van der Waals surface area contributed by atoms with E-state index in [1.807, 2.05) is 6.07 Å². The van der Waals surface area contributed by atoms with Gasteiger partial charge >= 0.3 is 0 Å². The minimum absolute atomic E-state index is 0.809. The molecule has 0 atom stereocenters. The van der Waals surface area contributed by atoms with E-state index in [0.717, 1.165) is 30.3 Å². The number of benzene rings is 2. The predicted molar refractivity (Wildman–Crippen MR) is 93.6 cm³/mol. The highest BCUT2D eigenvalue weighted by Gasteiger charge is 2.20. The number of aromatic nitrogens is 2. The van der Waals surface area contributed by atoms with Crippen LogP contribution in [0.25, 0.3) is 0 Å². The summed E-state index contributed by atoms with van der Waals surface area (Å²) in [4.78, 5) is 11.0. The summed E-state index contributed by atoms with van der Waals surface area (Å²) in [6.07, 6.45) is 2.67. The minimum atomic E-state index is 0.809. The standard InChI is InChI=1S/C19H18N4/c1-14-6-8-16(9-7-14)22-18-12-19(21-13-20-18)23-11-10-15-4-2-3-5-17(15)23/h2-9,12-13H,10-11H2,1H3,(H,20,21,22). The van der Waals surface area contributed by atoms with Crippen molar-refractivity contribution < 1.29 is 0 Å². The molecule has 0 amide bonds. The van der Waals surface area contributed by atoms with Crippen molar-refractivity contribution in [3.05, 3.63) is 72.1 Å². The zero-order valence-electron chi connectivity index (χ0n) is 13.0. The third kappa shape index (κ3) is 2.75. The highest BCUT2D eigenvalue weighted by Crippen LogP contribution is 2.33. The van der Waals surface area contributed by atoms with E-state index in [0.29, 0.717) is 0 Å². The van der Waals surface area contributed by atoms with Gasteiger partial charge in [0.15, 0.2) is 0 Å². The molecule has 114 valence electrons. The van der Waals surface area contributed by atoms with Crippen molar-refractivity contribution in [2.75, 3.05) is 16.8 Å². The number of nitrogens with zero attached hydrogens (tertiary/aromatic N) is 3. The minimum Gasteiger partial charge on any atom is -0.340 e. The summed E-state index contributed by atoms with van der Waals surface area (Å²) in [5.74, 6) is 1.74. The van der Waals surface area contributed by atoms with Crippen LogP contribution in [0.5, 0.6) is 0 Å². The molecular weight excluding hydrogens is 284 g/mol. The van der Waals surface area contributed by atoms with E-state index in [4.69, 9.17) is 0 Å². The van der Waals surface area contributed by atoms with Crippen LogP contribution in [0.4, 0.5) is 23.0 Å². The second-order valence-corrected chi connectivity index (χ2v) is 5.78. The summed E-state index contributed by atoms with van der Waals surface area (Å²) in [5.41, 5.74) is 4.89. The average Bonchev–Trinajstić information content (AvgIpc) is 3.01. The Morgan fingerprint density at radius 1 is 1.00 bits per heavy atom. The van der Waals surface area contributed by atoms with Gasteiger partial charge in [0.25, 0.3) is 0 Å². The lowest BCUT2D eigenvalue weighted by atomic mass is 10.2. The monoisotopic (exact) mass is 302 g/mol. The van der Waals surface area contributed by atoms with E-state index in [1.165, 1.54) is 16.8 Å². The lowest BCUT2D eigenvalue weighted by Gasteiger charge is -2.18. The second-order valence-electron chi connectivity index (χ2n) is 5.78. The fourth-order valence-corrected chi connectivity index (χ4v) is 2.92. The zero-order chi connectivity index (χ0) is 15.6. The Hall–Kier alpha value is -2.88. The van der Waals surface area contributed by atoms with E-state index in [1.54, 1.807) is 6.33 Å². The Morgan fingerprint density at radius 2 is 1.83 bits per heavy atom. The number of rotatable bonds is 3. The highest BCUT2D eigenvalue weighted by atomic mass is 15.2. The molecule has 0 spiro atoms. The van der Waals surface area contributed by atoms with Gasteiger partial charge in [0.2, 0.25) is 0 Å². The SMILES string of the molecule is Cc1ccc(Nc2cc(N3CCc4ccccc43)ncn2)cc1. The molecule has 0 saturated carbocycles. The predicted octanol–water partition coefficient (Wildman–Crippen LogP) is 4.22. The van der Waals surface area contributed by atoms with Crippen molar-refractivity contribution in [2.24, 2.45) is 0 Å². The molecule has 0 fully saturated rings. The average molecular weight is 302 g/mol. The summed E-state index contributed by atoms with van der Waals surface area (Å²) in [5, 5.41) is 3.34. The molecule has 0 bridgehead atoms. The Kier molecular flexibility index (Phi) is 3.42. The number of aryl methyl sites for hydroxylation is 1. The van der Waals surface area contributed by atoms with Crippen LogP contribution >= 0.6 is 0 Å². The molecule has 4 rings (SSSR count). The number of nitrogens with one attached hydrogen (secondary N) is 1. The number of hydrogen-bond acceptors (Lipinski definition) is 4. The zero-order valence-corrected chi connectivity index (χ0v) is 13.0. The van der Waals surface area contributed by atoms with Crippen LogP contribution in [0.3, 0.4) is 0 Å². The topological polar surface area (TPSA) is 41.0 Å². The molecule has 4 nitrogen and oxygen atoms in total. The summed E-state index contributed by atoms with van der Waals surface area (Å²) >= 11 is 0. The van der Waals surface area contributed by atoms with E-state index in [2.05, 4.69) is 75.6 Å². The summed E-state index contributed by atoms with van der Waals surface area (Å²) in [6.45, 7) is 3.04. The molecule has 0 unspecified atom stereocenters. The fraction of sp³-hybridized carbons (Fsp3) is 0.158. The molecule has 0 radical (unpaired) electrons. The van der Waals surface area contributed by atoms with E-state index in [-0.39, 0.29) is 0 Å². The molecule has 1 aliphatic heterocycles. The fourth-order valence-electron chi connectivity index (χ4n) is 2.92. The molecule has 3 aromatic rings. The summed E-state index contributed by atoms with van der Waals surface area (Å²) in [7, 11) is 0. The lowest BCUT2D eigenvalue weighted by Crippen LogP contribution is -2.15. The lowest BCUT2D eigenvalue weighted by molar-refractivity contribution is 0.965. The van der Waals surface area contributed by atoms with Gasteiger partial charge in [0.1, 0.15) is 18.0 Å². The first-order chi connectivity index (χ1) is 11.3. The molecule has 2 aromatic carbocycles. The van der Waals surface area contributed by atoms with Crippen molar-refractivity contribution in [1.29, 1.82) is 0 Å². The number of fused-ring (bicyclic) bond motifs is 1. The van der Waals surface area contributed by atoms with Gasteiger partial charge in [-0.05, 0) is 37.1 Å². The normalized spacial score (nSPS) is 13.0. The van der Waals surface area contributed by atoms with Gasteiger partial charge in [-0.3, -0.25) is 0 Å². The Balaban J connectivity index is 1.61. The van der Waals surface area contributed by atoms with Crippen LogP contribution in [0.1, 0.15) is 11.1 Å². The van der Waals surface area contributed by atoms with Gasteiger partial charge in [0, 0.05) is 24.0 Å². The first-order valence-corrected chi connectivity index (χ1v) is 7.81. The maximum atomic E-state index is 4.45. The van der Waals surface area contributed by atoms with Crippen molar-refractivity contribution in [3.8, 4) is 0 Å². The van der Waals surface area contributed by atoms with Gasteiger partial charge < -0.3 is 10.2 Å². The third-order valence-corrected chi connectivity index (χ3v) is 4.14. The van der Waals surface area contributed by atoms with Crippen LogP contribution in [0, 0.1) is 6.92 Å². The van der Waals surface area contributed by atoms with Gasteiger partial charge in [-0.2, -0.15) is 0 Å². The smallest absolute Gasteiger partial charge is 0.138 e. The molecule has 0 aliphatic carbocycles. The van der Waals surface area contributed by atoms with E-state index in [9.17, 15) is 0 Å². The van der Waals surface area contributed by atoms with Crippen LogP contribution in [0.15, 0.2) is 60.9 Å². The molecule has 0 saturated heterocycles.